The van der Waals surface area contributed by atoms with Gasteiger partial charge in [-0.15, -0.1) is 32.9 Å². The Hall–Kier alpha value is -2.75. The summed E-state index contributed by atoms with van der Waals surface area (Å²) < 4.78 is 5.81. The number of hydrazone groups is 1. The number of aromatic nitrogens is 2. The van der Waals surface area contributed by atoms with Crippen LogP contribution in [0.4, 0.5) is 0 Å². The number of thioether (sulfide) groups is 1. The fourth-order valence-electron chi connectivity index (χ4n) is 3.71. The van der Waals surface area contributed by atoms with E-state index in [4.69, 9.17) is 4.42 Å². The molecule has 4 heterocycles. The lowest BCUT2D eigenvalue weighted by Gasteiger charge is -2.20. The number of benzene rings is 1. The zero-order valence-corrected chi connectivity index (χ0v) is 20.0. The van der Waals surface area contributed by atoms with E-state index in [1.54, 1.807) is 27.7 Å². The topological polar surface area (TPSA) is 71.6 Å². The lowest BCUT2D eigenvalue weighted by atomic mass is 10.1. The van der Waals surface area contributed by atoms with Crippen molar-refractivity contribution in [3.63, 3.8) is 0 Å². The van der Waals surface area contributed by atoms with Crippen LogP contribution < -0.4 is 0 Å². The Kier molecular flexibility index (Phi) is 5.95. The Labute approximate surface area is 198 Å². The summed E-state index contributed by atoms with van der Waals surface area (Å²) in [5.41, 5.74) is 4.11. The summed E-state index contributed by atoms with van der Waals surface area (Å²) in [4.78, 5) is 15.4. The van der Waals surface area contributed by atoms with E-state index in [0.717, 1.165) is 38.6 Å². The quantitative estimate of drug-likeness (QED) is 0.319. The Bertz CT molecular complexity index is 1240. The summed E-state index contributed by atoms with van der Waals surface area (Å²) in [6.45, 7) is 4.07. The van der Waals surface area contributed by atoms with Gasteiger partial charge in [-0.05, 0) is 48.9 Å². The summed E-state index contributed by atoms with van der Waals surface area (Å²) >= 11 is 4.53. The second-order valence-corrected chi connectivity index (χ2v) is 10.4. The molecule has 0 N–H and O–H groups in total. The maximum Gasteiger partial charge on any atom is 0.277 e. The predicted molar refractivity (Wildman–Crippen MR) is 129 cm³/mol. The first-order chi connectivity index (χ1) is 15.6. The molecule has 1 unspecified atom stereocenters. The maximum absolute atomic E-state index is 13.1. The summed E-state index contributed by atoms with van der Waals surface area (Å²) in [6.07, 6.45) is 0.717. The highest BCUT2D eigenvalue weighted by molar-refractivity contribution is 7.99. The first kappa shape index (κ1) is 21.1. The molecule has 6 nitrogen and oxygen atoms in total. The van der Waals surface area contributed by atoms with Crippen molar-refractivity contribution < 1.29 is 9.21 Å². The van der Waals surface area contributed by atoms with Gasteiger partial charge in [0.05, 0.1) is 22.4 Å². The lowest BCUT2D eigenvalue weighted by molar-refractivity contribution is -0.130. The fraction of sp³-hybridized carbons (Fsp3) is 0.217. The standard InChI is InChI=1S/C23H20N4O2S3/c1-14-9-15(2)11-16(10-14)22-24-25-23(29-22)32-13-21(28)27-18(20-6-4-8-31-20)12-17(26-27)19-5-3-7-30-19/h3-11,18H,12-13H2,1-2H3. The molecule has 9 heteroatoms. The second-order valence-electron chi connectivity index (χ2n) is 7.54. The van der Waals surface area contributed by atoms with Crippen LogP contribution in [-0.4, -0.2) is 32.6 Å². The van der Waals surface area contributed by atoms with E-state index in [1.807, 2.05) is 54.9 Å². The van der Waals surface area contributed by atoms with E-state index in [2.05, 4.69) is 27.4 Å². The fourth-order valence-corrected chi connectivity index (χ4v) is 5.86. The van der Waals surface area contributed by atoms with Crippen LogP contribution >= 0.6 is 34.4 Å². The monoisotopic (exact) mass is 480 g/mol. The van der Waals surface area contributed by atoms with Gasteiger partial charge < -0.3 is 4.42 Å². The molecule has 0 fully saturated rings. The molecule has 162 valence electrons. The first-order valence-electron chi connectivity index (χ1n) is 10.1. The number of hydrogen-bond donors (Lipinski definition) is 0. The number of carbonyl (C=O) groups is 1. The number of thiophene rings is 2. The molecule has 0 bridgehead atoms. The third-order valence-corrected chi connectivity index (χ3v) is 7.73. The first-order valence-corrected chi connectivity index (χ1v) is 12.8. The normalized spacial score (nSPS) is 15.9. The zero-order chi connectivity index (χ0) is 22.1. The molecule has 0 saturated heterocycles. The van der Waals surface area contributed by atoms with Crippen molar-refractivity contribution >= 4 is 46.1 Å². The summed E-state index contributed by atoms with van der Waals surface area (Å²) in [5.74, 6) is 0.561. The van der Waals surface area contributed by atoms with E-state index in [0.29, 0.717) is 11.1 Å². The minimum absolute atomic E-state index is 0.0753. The summed E-state index contributed by atoms with van der Waals surface area (Å²) in [6, 6.07) is 14.2. The third kappa shape index (κ3) is 4.41. The molecule has 5 rings (SSSR count). The van der Waals surface area contributed by atoms with Crippen molar-refractivity contribution in [3.8, 4) is 11.5 Å². The van der Waals surface area contributed by atoms with Gasteiger partial charge in [-0.2, -0.15) is 5.10 Å². The average Bonchev–Trinajstić information content (AvgIpc) is 3.56. The van der Waals surface area contributed by atoms with Crippen LogP contribution in [0.3, 0.4) is 0 Å². The Morgan fingerprint density at radius 2 is 1.91 bits per heavy atom. The molecule has 0 aliphatic carbocycles. The summed E-state index contributed by atoms with van der Waals surface area (Å²) in [7, 11) is 0. The molecule has 0 radical (unpaired) electrons. The van der Waals surface area contributed by atoms with Crippen molar-refractivity contribution in [2.45, 2.75) is 31.5 Å². The van der Waals surface area contributed by atoms with Crippen LogP contribution in [0.15, 0.2) is 68.0 Å². The SMILES string of the molecule is Cc1cc(C)cc(-c2nnc(SCC(=O)N3N=C(c4cccs4)CC3c3cccs3)o2)c1. The molecule has 1 aliphatic heterocycles. The number of aryl methyl sites for hydroxylation is 2. The molecule has 1 aromatic carbocycles. The number of rotatable bonds is 6. The largest absolute Gasteiger partial charge is 0.411 e. The van der Waals surface area contributed by atoms with Gasteiger partial charge in [0.1, 0.15) is 0 Å². The van der Waals surface area contributed by atoms with Gasteiger partial charge in [0.2, 0.25) is 5.89 Å². The highest BCUT2D eigenvalue weighted by Gasteiger charge is 2.34. The van der Waals surface area contributed by atoms with E-state index in [9.17, 15) is 4.79 Å². The lowest BCUT2D eigenvalue weighted by Crippen LogP contribution is -2.28. The van der Waals surface area contributed by atoms with Crippen molar-refractivity contribution in [1.82, 2.24) is 15.2 Å². The smallest absolute Gasteiger partial charge is 0.277 e. The number of hydrogen-bond acceptors (Lipinski definition) is 8. The Morgan fingerprint density at radius 3 is 2.62 bits per heavy atom. The van der Waals surface area contributed by atoms with Gasteiger partial charge in [0.25, 0.3) is 11.1 Å². The van der Waals surface area contributed by atoms with Gasteiger partial charge in [0, 0.05) is 16.9 Å². The molecule has 1 aliphatic rings. The highest BCUT2D eigenvalue weighted by Crippen LogP contribution is 2.36. The molecule has 0 saturated carbocycles. The van der Waals surface area contributed by atoms with Crippen LogP contribution in [0, 0.1) is 13.8 Å². The van der Waals surface area contributed by atoms with Crippen LogP contribution in [0.5, 0.6) is 0 Å². The van der Waals surface area contributed by atoms with E-state index in [1.165, 1.54) is 11.8 Å². The van der Waals surface area contributed by atoms with Crippen LogP contribution in [-0.2, 0) is 4.79 Å². The molecule has 4 aromatic rings. The molecule has 1 atom stereocenters. The second kappa shape index (κ2) is 9.01. The minimum Gasteiger partial charge on any atom is -0.411 e. The van der Waals surface area contributed by atoms with Gasteiger partial charge in [0.15, 0.2) is 0 Å². The molecule has 1 amide bonds. The van der Waals surface area contributed by atoms with Crippen LogP contribution in [0.2, 0.25) is 0 Å². The molecule has 32 heavy (non-hydrogen) atoms. The van der Waals surface area contributed by atoms with Gasteiger partial charge in [-0.3, -0.25) is 4.79 Å². The Balaban J connectivity index is 1.31. The van der Waals surface area contributed by atoms with Crippen molar-refractivity contribution in [1.29, 1.82) is 0 Å². The molecular weight excluding hydrogens is 460 g/mol. The molecule has 3 aromatic heterocycles. The van der Waals surface area contributed by atoms with Crippen molar-refractivity contribution in [3.05, 3.63) is 74.1 Å². The van der Waals surface area contributed by atoms with Crippen molar-refractivity contribution in [2.75, 3.05) is 5.75 Å². The number of amides is 1. The van der Waals surface area contributed by atoms with Gasteiger partial charge in [-0.25, -0.2) is 5.01 Å². The minimum atomic E-state index is -0.0777. The Morgan fingerprint density at radius 1 is 1.12 bits per heavy atom. The zero-order valence-electron chi connectivity index (χ0n) is 17.5. The summed E-state index contributed by atoms with van der Waals surface area (Å²) in [5, 5.41) is 19.0. The molecule has 0 spiro atoms. The van der Waals surface area contributed by atoms with Gasteiger partial charge in [-0.1, -0.05) is 41.1 Å². The maximum atomic E-state index is 13.1. The molecular formula is C23H20N4O2S3. The number of carbonyl (C=O) groups excluding carboxylic acids is 1. The predicted octanol–water partition coefficient (Wildman–Crippen LogP) is 5.95. The third-order valence-electron chi connectivity index (χ3n) is 5.04. The average molecular weight is 481 g/mol. The number of nitrogens with zero attached hydrogens (tertiary/aromatic N) is 4. The van der Waals surface area contributed by atoms with E-state index >= 15 is 0 Å². The highest BCUT2D eigenvalue weighted by atomic mass is 32.2. The van der Waals surface area contributed by atoms with E-state index in [-0.39, 0.29) is 17.7 Å². The van der Waals surface area contributed by atoms with Crippen molar-refractivity contribution in [2.24, 2.45) is 5.10 Å². The van der Waals surface area contributed by atoms with E-state index < -0.39 is 0 Å². The van der Waals surface area contributed by atoms with Crippen LogP contribution in [0.1, 0.15) is 33.3 Å². The van der Waals surface area contributed by atoms with Gasteiger partial charge >= 0.3 is 0 Å². The van der Waals surface area contributed by atoms with Crippen LogP contribution in [0.25, 0.3) is 11.5 Å².